The third kappa shape index (κ3) is 6.08. The standard InChI is InChI=1S/C38H41NO7/c1-25(40)45-36-34-22-30(41)23-35(39(34)24-26-8-6-5-7-9-26)37(36)46-38(27-10-16-31(42-2)17-11-27,28-12-18-32(43-3)19-13-28)29-14-20-33(44-4)21-15-29/h5-21,30,34-37,41H,22-24H2,1-4H3/t30?,34-,35+,36-,37+/m0/s1. The summed E-state index contributed by atoms with van der Waals surface area (Å²) in [5.74, 6) is 1.76. The molecule has 5 atom stereocenters. The van der Waals surface area contributed by atoms with E-state index >= 15 is 0 Å². The molecule has 8 heteroatoms. The Morgan fingerprint density at radius 3 is 1.54 bits per heavy atom. The van der Waals surface area contributed by atoms with Gasteiger partial charge in [-0.2, -0.15) is 0 Å². The van der Waals surface area contributed by atoms with Crippen LogP contribution in [-0.4, -0.2) is 67.7 Å². The molecule has 2 heterocycles. The number of carbonyl (C=O) groups excluding carboxylic acids is 1. The third-order valence-corrected chi connectivity index (χ3v) is 9.27. The van der Waals surface area contributed by atoms with E-state index in [0.717, 1.165) is 22.3 Å². The van der Waals surface area contributed by atoms with E-state index in [1.807, 2.05) is 91.0 Å². The van der Waals surface area contributed by atoms with Crippen LogP contribution in [0.5, 0.6) is 17.2 Å². The molecule has 240 valence electrons. The van der Waals surface area contributed by atoms with Gasteiger partial charge in [0.05, 0.1) is 33.5 Å². The van der Waals surface area contributed by atoms with Gasteiger partial charge in [-0.3, -0.25) is 9.69 Å². The zero-order chi connectivity index (χ0) is 32.3. The summed E-state index contributed by atoms with van der Waals surface area (Å²) in [4.78, 5) is 15.0. The number of fused-ring (bicyclic) bond motifs is 2. The van der Waals surface area contributed by atoms with Crippen LogP contribution in [0.2, 0.25) is 0 Å². The maximum absolute atomic E-state index is 12.7. The quantitative estimate of drug-likeness (QED) is 0.168. The van der Waals surface area contributed by atoms with Gasteiger partial charge in [0.2, 0.25) is 0 Å². The lowest BCUT2D eigenvalue weighted by molar-refractivity contribution is -0.160. The Hall–Kier alpha value is -4.37. The van der Waals surface area contributed by atoms with E-state index in [2.05, 4.69) is 17.0 Å². The van der Waals surface area contributed by atoms with Gasteiger partial charge in [-0.05, 0) is 71.5 Å². The van der Waals surface area contributed by atoms with E-state index in [9.17, 15) is 9.90 Å². The van der Waals surface area contributed by atoms with Crippen LogP contribution in [0.3, 0.4) is 0 Å². The van der Waals surface area contributed by atoms with Gasteiger partial charge >= 0.3 is 5.97 Å². The number of piperidine rings is 1. The number of rotatable bonds is 11. The van der Waals surface area contributed by atoms with Crippen LogP contribution < -0.4 is 14.2 Å². The first kappa shape index (κ1) is 31.6. The minimum atomic E-state index is -1.16. The molecule has 0 spiro atoms. The zero-order valence-corrected chi connectivity index (χ0v) is 26.7. The number of esters is 1. The van der Waals surface area contributed by atoms with Crippen molar-refractivity contribution in [1.29, 1.82) is 0 Å². The Bertz CT molecular complexity index is 1480. The Morgan fingerprint density at radius 1 is 0.696 bits per heavy atom. The molecule has 2 bridgehead atoms. The molecule has 2 aliphatic heterocycles. The fourth-order valence-electron chi connectivity index (χ4n) is 7.15. The van der Waals surface area contributed by atoms with Gasteiger partial charge in [0.25, 0.3) is 0 Å². The number of carbonyl (C=O) groups is 1. The van der Waals surface area contributed by atoms with Crippen molar-refractivity contribution in [2.75, 3.05) is 21.3 Å². The first-order chi connectivity index (χ1) is 22.4. The molecule has 1 unspecified atom stereocenters. The van der Waals surface area contributed by atoms with E-state index < -0.39 is 23.9 Å². The first-order valence-corrected chi connectivity index (χ1v) is 15.6. The van der Waals surface area contributed by atoms with Gasteiger partial charge in [-0.25, -0.2) is 0 Å². The topological polar surface area (TPSA) is 86.7 Å². The molecule has 0 radical (unpaired) electrons. The first-order valence-electron chi connectivity index (χ1n) is 15.6. The highest BCUT2D eigenvalue weighted by Crippen LogP contribution is 2.48. The van der Waals surface area contributed by atoms with Crippen LogP contribution >= 0.6 is 0 Å². The summed E-state index contributed by atoms with van der Waals surface area (Å²) in [5, 5.41) is 11.1. The van der Waals surface area contributed by atoms with E-state index in [0.29, 0.717) is 36.6 Å². The second-order valence-corrected chi connectivity index (χ2v) is 11.9. The van der Waals surface area contributed by atoms with E-state index in [-0.39, 0.29) is 18.1 Å². The maximum atomic E-state index is 12.7. The number of aliphatic hydroxyl groups excluding tert-OH is 1. The molecule has 2 fully saturated rings. The highest BCUT2D eigenvalue weighted by Gasteiger charge is 2.58. The van der Waals surface area contributed by atoms with Crippen LogP contribution in [0.25, 0.3) is 0 Å². The Balaban J connectivity index is 1.54. The highest BCUT2D eigenvalue weighted by molar-refractivity contribution is 5.66. The number of hydrogen-bond acceptors (Lipinski definition) is 8. The molecule has 4 aromatic carbocycles. The predicted octanol–water partition coefficient (Wildman–Crippen LogP) is 5.73. The maximum Gasteiger partial charge on any atom is 0.303 e. The van der Waals surface area contributed by atoms with Crippen molar-refractivity contribution < 1.29 is 33.6 Å². The summed E-state index contributed by atoms with van der Waals surface area (Å²) in [6.45, 7) is 2.07. The fourth-order valence-corrected chi connectivity index (χ4v) is 7.15. The molecule has 0 aromatic heterocycles. The largest absolute Gasteiger partial charge is 0.497 e. The van der Waals surface area contributed by atoms with E-state index in [1.165, 1.54) is 6.92 Å². The summed E-state index contributed by atoms with van der Waals surface area (Å²) in [6, 6.07) is 33.3. The van der Waals surface area contributed by atoms with Crippen LogP contribution in [0.1, 0.15) is 42.0 Å². The van der Waals surface area contributed by atoms with E-state index in [1.54, 1.807) is 21.3 Å². The van der Waals surface area contributed by atoms with Gasteiger partial charge in [-0.15, -0.1) is 0 Å². The number of methoxy groups -OCH3 is 3. The monoisotopic (exact) mass is 623 g/mol. The number of benzene rings is 4. The molecule has 0 aliphatic carbocycles. The minimum Gasteiger partial charge on any atom is -0.497 e. The van der Waals surface area contributed by atoms with Crippen LogP contribution in [0, 0.1) is 0 Å². The number of ether oxygens (including phenoxy) is 5. The van der Waals surface area contributed by atoms with Crippen molar-refractivity contribution in [2.45, 2.75) is 62.3 Å². The molecular formula is C38H41NO7. The van der Waals surface area contributed by atoms with Crippen molar-refractivity contribution in [2.24, 2.45) is 0 Å². The molecule has 2 aliphatic rings. The molecular weight excluding hydrogens is 582 g/mol. The van der Waals surface area contributed by atoms with Gasteiger partial charge < -0.3 is 28.8 Å². The minimum absolute atomic E-state index is 0.229. The number of hydrogen-bond donors (Lipinski definition) is 1. The lowest BCUT2D eigenvalue weighted by Crippen LogP contribution is -2.48. The Morgan fingerprint density at radius 2 is 1.13 bits per heavy atom. The molecule has 4 aromatic rings. The molecule has 0 amide bonds. The average molecular weight is 624 g/mol. The van der Waals surface area contributed by atoms with Gasteiger partial charge in [-0.1, -0.05) is 66.7 Å². The van der Waals surface area contributed by atoms with Crippen molar-refractivity contribution in [1.82, 2.24) is 4.90 Å². The molecule has 1 N–H and O–H groups in total. The third-order valence-electron chi connectivity index (χ3n) is 9.27. The average Bonchev–Trinajstić information content (AvgIpc) is 3.24. The second kappa shape index (κ2) is 13.5. The smallest absolute Gasteiger partial charge is 0.303 e. The van der Waals surface area contributed by atoms with Crippen molar-refractivity contribution in [3.8, 4) is 17.2 Å². The van der Waals surface area contributed by atoms with Crippen LogP contribution in [0.4, 0.5) is 0 Å². The number of nitrogens with zero attached hydrogens (tertiary/aromatic N) is 1. The van der Waals surface area contributed by atoms with Gasteiger partial charge in [0.15, 0.2) is 0 Å². The number of aliphatic hydroxyl groups is 1. The van der Waals surface area contributed by atoms with Crippen LogP contribution in [0.15, 0.2) is 103 Å². The highest BCUT2D eigenvalue weighted by atomic mass is 16.6. The molecule has 6 rings (SSSR count). The summed E-state index contributed by atoms with van der Waals surface area (Å²) in [7, 11) is 4.92. The normalized spacial score (nSPS) is 22.7. The van der Waals surface area contributed by atoms with Crippen molar-refractivity contribution in [3.63, 3.8) is 0 Å². The van der Waals surface area contributed by atoms with Gasteiger partial charge in [0, 0.05) is 19.5 Å². The zero-order valence-electron chi connectivity index (χ0n) is 26.7. The molecule has 8 nitrogen and oxygen atoms in total. The SMILES string of the molecule is COc1ccc(C(O[C@H]2[C@@H](OC(C)=O)[C@@H]3CC(O)C[C@H]2N3Cc2ccccc2)(c2ccc(OC)cc2)c2ccc(OC)cc2)cc1. The summed E-state index contributed by atoms with van der Waals surface area (Å²) >= 11 is 0. The predicted molar refractivity (Wildman–Crippen MR) is 174 cm³/mol. The molecule has 46 heavy (non-hydrogen) atoms. The van der Waals surface area contributed by atoms with Crippen LogP contribution in [-0.2, 0) is 26.4 Å². The second-order valence-electron chi connectivity index (χ2n) is 11.9. The summed E-state index contributed by atoms with van der Waals surface area (Å²) in [6.07, 6.45) is -0.790. The lowest BCUT2D eigenvalue weighted by atomic mass is 9.79. The van der Waals surface area contributed by atoms with E-state index in [4.69, 9.17) is 23.7 Å². The molecule has 0 saturated carbocycles. The van der Waals surface area contributed by atoms with Crippen molar-refractivity contribution >= 4 is 5.97 Å². The van der Waals surface area contributed by atoms with Gasteiger partial charge in [0.1, 0.15) is 35.1 Å². The fraction of sp³-hybridized carbons (Fsp3) is 0.342. The molecule has 2 saturated heterocycles. The lowest BCUT2D eigenvalue weighted by Gasteiger charge is -2.41. The van der Waals surface area contributed by atoms with Crippen molar-refractivity contribution in [3.05, 3.63) is 125 Å². The Kier molecular flexibility index (Phi) is 9.31. The summed E-state index contributed by atoms with van der Waals surface area (Å²) in [5.41, 5.74) is 2.57. The summed E-state index contributed by atoms with van der Waals surface area (Å²) < 4.78 is 30.3. The Labute approximate surface area is 270 Å².